The van der Waals surface area contributed by atoms with Crippen molar-refractivity contribution in [1.82, 2.24) is 0 Å². The zero-order chi connectivity index (χ0) is 16.8. The maximum Gasteiger partial charge on any atom is 0.247 e. The highest BCUT2D eigenvalue weighted by molar-refractivity contribution is 6.00. The Morgan fingerprint density at radius 3 is 2.57 bits per heavy atom. The van der Waals surface area contributed by atoms with Crippen LogP contribution in [0.25, 0.3) is 0 Å². The smallest absolute Gasteiger partial charge is 0.247 e. The van der Waals surface area contributed by atoms with Crippen molar-refractivity contribution < 1.29 is 19.1 Å². The van der Waals surface area contributed by atoms with Gasteiger partial charge in [-0.3, -0.25) is 9.59 Å². The van der Waals surface area contributed by atoms with E-state index in [0.29, 0.717) is 11.3 Å². The number of para-hydroxylation sites is 1. The minimum atomic E-state index is -0.730. The monoisotopic (exact) mass is 314 g/mol. The number of amides is 2. The number of hydrogen-bond acceptors (Lipinski definition) is 3. The van der Waals surface area contributed by atoms with Gasteiger partial charge in [0.25, 0.3) is 0 Å². The van der Waals surface area contributed by atoms with E-state index in [1.54, 1.807) is 24.3 Å². The fraction of sp³-hybridized carbons (Fsp3) is 0.0588. The van der Waals surface area contributed by atoms with Gasteiger partial charge in [0.15, 0.2) is 0 Å². The van der Waals surface area contributed by atoms with Crippen molar-refractivity contribution >= 4 is 23.2 Å². The van der Waals surface area contributed by atoms with Gasteiger partial charge >= 0.3 is 0 Å². The summed E-state index contributed by atoms with van der Waals surface area (Å²) in [5, 5.41) is 14.2. The first-order chi connectivity index (χ1) is 11.0. The van der Waals surface area contributed by atoms with Gasteiger partial charge in [0.2, 0.25) is 11.8 Å². The topological polar surface area (TPSA) is 78.4 Å². The number of halogens is 1. The highest BCUT2D eigenvalue weighted by atomic mass is 19.1. The van der Waals surface area contributed by atoms with Crippen LogP contribution in [-0.2, 0) is 16.0 Å². The summed E-state index contributed by atoms with van der Waals surface area (Å²) in [5.41, 5.74) is 1.04. The number of aromatic hydroxyl groups is 1. The van der Waals surface area contributed by atoms with Crippen molar-refractivity contribution in [3.8, 4) is 5.75 Å². The minimum absolute atomic E-state index is 0.0274. The summed E-state index contributed by atoms with van der Waals surface area (Å²) in [6, 6.07) is 10.3. The lowest BCUT2D eigenvalue weighted by Gasteiger charge is -2.11. The standard InChI is InChI=1S/C17H15FN2O3/c1-2-16(22)19-14-6-4-3-5-11(14)9-17(23)20-15-8-7-12(21)10-13(15)18/h2-8,10,21H,1,9H2,(H,19,22)(H,20,23). The lowest BCUT2D eigenvalue weighted by atomic mass is 10.1. The fourth-order valence-corrected chi connectivity index (χ4v) is 1.95. The predicted octanol–water partition coefficient (Wildman–Crippen LogP) is 2.84. The van der Waals surface area contributed by atoms with Crippen LogP contribution in [0.5, 0.6) is 5.75 Å². The van der Waals surface area contributed by atoms with Crippen molar-refractivity contribution in [3.63, 3.8) is 0 Å². The number of anilines is 2. The van der Waals surface area contributed by atoms with Crippen LogP contribution < -0.4 is 10.6 Å². The molecule has 2 aromatic carbocycles. The van der Waals surface area contributed by atoms with Crippen LogP contribution in [0.2, 0.25) is 0 Å². The summed E-state index contributed by atoms with van der Waals surface area (Å²) in [6.07, 6.45) is 1.08. The summed E-state index contributed by atoms with van der Waals surface area (Å²) in [4.78, 5) is 23.4. The van der Waals surface area contributed by atoms with E-state index in [1.807, 2.05) is 0 Å². The number of benzene rings is 2. The van der Waals surface area contributed by atoms with E-state index in [2.05, 4.69) is 17.2 Å². The zero-order valence-electron chi connectivity index (χ0n) is 12.2. The number of rotatable bonds is 5. The largest absolute Gasteiger partial charge is 0.508 e. The number of nitrogens with one attached hydrogen (secondary N) is 2. The predicted molar refractivity (Wildman–Crippen MR) is 85.7 cm³/mol. The molecule has 0 aromatic heterocycles. The second-order valence-electron chi connectivity index (χ2n) is 4.74. The van der Waals surface area contributed by atoms with Gasteiger partial charge in [0, 0.05) is 11.8 Å². The van der Waals surface area contributed by atoms with Crippen molar-refractivity contribution in [2.75, 3.05) is 10.6 Å². The molecular weight excluding hydrogens is 299 g/mol. The summed E-state index contributed by atoms with van der Waals surface area (Å²) in [7, 11) is 0. The first-order valence-corrected chi connectivity index (χ1v) is 6.79. The van der Waals surface area contributed by atoms with Crippen molar-refractivity contribution in [2.24, 2.45) is 0 Å². The Morgan fingerprint density at radius 2 is 1.87 bits per heavy atom. The first-order valence-electron chi connectivity index (χ1n) is 6.79. The van der Waals surface area contributed by atoms with Gasteiger partial charge in [0.1, 0.15) is 11.6 Å². The Balaban J connectivity index is 2.11. The Bertz CT molecular complexity index is 759. The molecule has 0 aliphatic heterocycles. The molecule has 0 saturated heterocycles. The summed E-state index contributed by atoms with van der Waals surface area (Å²) in [6.45, 7) is 3.37. The molecule has 3 N–H and O–H groups in total. The SMILES string of the molecule is C=CC(=O)Nc1ccccc1CC(=O)Nc1ccc(O)cc1F. The molecule has 0 aliphatic rings. The summed E-state index contributed by atoms with van der Waals surface area (Å²) < 4.78 is 13.6. The number of phenols is 1. The highest BCUT2D eigenvalue weighted by Crippen LogP contribution is 2.21. The average Bonchev–Trinajstić information content (AvgIpc) is 2.52. The first kappa shape index (κ1) is 16.2. The highest BCUT2D eigenvalue weighted by Gasteiger charge is 2.11. The second kappa shape index (κ2) is 7.22. The number of phenolic OH excluding ortho intramolecular Hbond substituents is 1. The Morgan fingerprint density at radius 1 is 1.13 bits per heavy atom. The third-order valence-corrected chi connectivity index (χ3v) is 3.04. The lowest BCUT2D eigenvalue weighted by molar-refractivity contribution is -0.115. The lowest BCUT2D eigenvalue weighted by Crippen LogP contribution is -2.17. The number of carbonyl (C=O) groups is 2. The summed E-state index contributed by atoms with van der Waals surface area (Å²) in [5.74, 6) is -1.79. The van der Waals surface area contributed by atoms with Crippen LogP contribution in [0, 0.1) is 5.82 Å². The molecule has 2 amide bonds. The van der Waals surface area contributed by atoms with Gasteiger partial charge in [0.05, 0.1) is 12.1 Å². The summed E-state index contributed by atoms with van der Waals surface area (Å²) >= 11 is 0. The van der Waals surface area contributed by atoms with E-state index in [0.717, 1.165) is 12.1 Å². The fourth-order valence-electron chi connectivity index (χ4n) is 1.95. The Labute approximate surface area is 132 Å². The van der Waals surface area contributed by atoms with E-state index in [9.17, 15) is 14.0 Å². The maximum absolute atomic E-state index is 13.6. The van der Waals surface area contributed by atoms with Crippen LogP contribution in [-0.4, -0.2) is 16.9 Å². The van der Waals surface area contributed by atoms with Crippen LogP contribution in [0.15, 0.2) is 55.1 Å². The molecule has 0 atom stereocenters. The van der Waals surface area contributed by atoms with Gasteiger partial charge in [-0.25, -0.2) is 4.39 Å². The molecule has 0 radical (unpaired) electrons. The quantitative estimate of drug-likeness (QED) is 0.586. The van der Waals surface area contributed by atoms with Crippen LogP contribution in [0.1, 0.15) is 5.56 Å². The molecule has 0 spiro atoms. The molecule has 118 valence electrons. The Kier molecular flexibility index (Phi) is 5.09. The van der Waals surface area contributed by atoms with Crippen LogP contribution >= 0.6 is 0 Å². The van der Waals surface area contributed by atoms with Crippen molar-refractivity contribution in [2.45, 2.75) is 6.42 Å². The molecule has 0 saturated carbocycles. The van der Waals surface area contributed by atoms with Gasteiger partial charge in [-0.1, -0.05) is 24.8 Å². The number of carbonyl (C=O) groups excluding carboxylic acids is 2. The van der Waals surface area contributed by atoms with Crippen LogP contribution in [0.3, 0.4) is 0 Å². The average molecular weight is 314 g/mol. The molecule has 0 fully saturated rings. The van der Waals surface area contributed by atoms with E-state index in [1.165, 1.54) is 12.1 Å². The van der Waals surface area contributed by atoms with Gasteiger partial charge < -0.3 is 15.7 Å². The van der Waals surface area contributed by atoms with E-state index >= 15 is 0 Å². The normalized spacial score (nSPS) is 9.96. The van der Waals surface area contributed by atoms with E-state index < -0.39 is 11.7 Å². The molecule has 2 aromatic rings. The molecule has 2 rings (SSSR count). The molecule has 6 heteroatoms. The number of hydrogen-bond donors (Lipinski definition) is 3. The van der Waals surface area contributed by atoms with Gasteiger partial charge in [-0.05, 0) is 29.8 Å². The second-order valence-corrected chi connectivity index (χ2v) is 4.74. The van der Waals surface area contributed by atoms with E-state index in [-0.39, 0.29) is 23.8 Å². The maximum atomic E-state index is 13.6. The molecule has 0 unspecified atom stereocenters. The van der Waals surface area contributed by atoms with Gasteiger partial charge in [-0.2, -0.15) is 0 Å². The molecule has 5 nitrogen and oxygen atoms in total. The molecule has 0 heterocycles. The third-order valence-electron chi connectivity index (χ3n) is 3.04. The van der Waals surface area contributed by atoms with E-state index in [4.69, 9.17) is 5.11 Å². The zero-order valence-corrected chi connectivity index (χ0v) is 12.2. The third kappa shape index (κ3) is 4.41. The minimum Gasteiger partial charge on any atom is -0.508 e. The molecule has 0 bridgehead atoms. The molecule has 23 heavy (non-hydrogen) atoms. The molecule has 0 aliphatic carbocycles. The van der Waals surface area contributed by atoms with Gasteiger partial charge in [-0.15, -0.1) is 0 Å². The van der Waals surface area contributed by atoms with Crippen molar-refractivity contribution in [3.05, 3.63) is 66.5 Å². The van der Waals surface area contributed by atoms with Crippen molar-refractivity contribution in [1.29, 1.82) is 0 Å². The Hall–Kier alpha value is -3.15. The molecular formula is C17H15FN2O3. The van der Waals surface area contributed by atoms with Crippen LogP contribution in [0.4, 0.5) is 15.8 Å².